The van der Waals surface area contributed by atoms with Crippen LogP contribution in [-0.4, -0.2) is 33.6 Å². The summed E-state index contributed by atoms with van der Waals surface area (Å²) in [4.78, 5) is 19.0. The Morgan fingerprint density at radius 2 is 1.93 bits per heavy atom. The van der Waals surface area contributed by atoms with Gasteiger partial charge in [-0.1, -0.05) is 37.3 Å². The molecular formula is C24H30N4O2. The van der Waals surface area contributed by atoms with Gasteiger partial charge in [0.25, 0.3) is 0 Å². The SMILES string of the molecule is CCOc1ccccc1CN(CCCn1ccnc1)C(=O)Nc1ccc(CC)cc1. The number of imidazole rings is 1. The molecule has 0 fully saturated rings. The molecule has 0 spiro atoms. The highest BCUT2D eigenvalue weighted by Crippen LogP contribution is 2.21. The maximum absolute atomic E-state index is 13.1. The molecule has 0 radical (unpaired) electrons. The molecule has 0 atom stereocenters. The van der Waals surface area contributed by atoms with Crippen molar-refractivity contribution in [2.45, 2.75) is 39.8 Å². The van der Waals surface area contributed by atoms with E-state index >= 15 is 0 Å². The molecule has 158 valence electrons. The van der Waals surface area contributed by atoms with Gasteiger partial charge in [0.2, 0.25) is 0 Å². The second kappa shape index (κ2) is 11.0. The molecule has 6 heteroatoms. The molecule has 3 rings (SSSR count). The number of nitrogens with one attached hydrogen (secondary N) is 1. The first-order chi connectivity index (χ1) is 14.7. The third-order valence-electron chi connectivity index (χ3n) is 4.94. The molecule has 2 aromatic carbocycles. The Morgan fingerprint density at radius 1 is 1.13 bits per heavy atom. The second-order valence-electron chi connectivity index (χ2n) is 7.10. The molecule has 0 aliphatic heterocycles. The summed E-state index contributed by atoms with van der Waals surface area (Å²) in [5.41, 5.74) is 3.05. The topological polar surface area (TPSA) is 59.4 Å². The van der Waals surface area contributed by atoms with Crippen LogP contribution in [0.2, 0.25) is 0 Å². The van der Waals surface area contributed by atoms with Crippen LogP contribution in [0, 0.1) is 0 Å². The molecular weight excluding hydrogens is 376 g/mol. The summed E-state index contributed by atoms with van der Waals surface area (Å²) in [5, 5.41) is 3.04. The fourth-order valence-corrected chi connectivity index (χ4v) is 3.28. The number of benzene rings is 2. The van der Waals surface area contributed by atoms with Crippen molar-refractivity contribution in [3.63, 3.8) is 0 Å². The Morgan fingerprint density at radius 3 is 2.63 bits per heavy atom. The van der Waals surface area contributed by atoms with Crippen LogP contribution in [0.15, 0.2) is 67.3 Å². The number of hydrogen-bond donors (Lipinski definition) is 1. The molecule has 0 saturated heterocycles. The van der Waals surface area contributed by atoms with Gasteiger partial charge < -0.3 is 19.5 Å². The lowest BCUT2D eigenvalue weighted by Gasteiger charge is -2.24. The van der Waals surface area contributed by atoms with Gasteiger partial charge in [-0.2, -0.15) is 0 Å². The molecule has 0 unspecified atom stereocenters. The van der Waals surface area contributed by atoms with Crippen LogP contribution < -0.4 is 10.1 Å². The Bertz CT molecular complexity index is 907. The Hall–Kier alpha value is -3.28. The zero-order valence-electron chi connectivity index (χ0n) is 17.8. The van der Waals surface area contributed by atoms with Gasteiger partial charge in [-0.25, -0.2) is 9.78 Å². The maximum atomic E-state index is 13.1. The van der Waals surface area contributed by atoms with Crippen LogP contribution in [0.1, 0.15) is 31.4 Å². The van der Waals surface area contributed by atoms with E-state index in [2.05, 4.69) is 17.2 Å². The van der Waals surface area contributed by atoms with Gasteiger partial charge in [0, 0.05) is 36.7 Å². The van der Waals surface area contributed by atoms with Crippen molar-refractivity contribution in [2.24, 2.45) is 0 Å². The van der Waals surface area contributed by atoms with Crippen molar-refractivity contribution in [1.82, 2.24) is 14.5 Å². The summed E-state index contributed by atoms with van der Waals surface area (Å²) in [6.07, 6.45) is 7.30. The molecule has 1 N–H and O–H groups in total. The predicted octanol–water partition coefficient (Wildman–Crippen LogP) is 4.97. The molecule has 0 bridgehead atoms. The van der Waals surface area contributed by atoms with Crippen LogP contribution in [0.3, 0.4) is 0 Å². The van der Waals surface area contributed by atoms with E-state index in [1.165, 1.54) is 5.56 Å². The van der Waals surface area contributed by atoms with Gasteiger partial charge in [-0.3, -0.25) is 0 Å². The van der Waals surface area contributed by atoms with Gasteiger partial charge in [0.05, 0.1) is 19.5 Å². The average Bonchev–Trinajstić information content (AvgIpc) is 3.28. The number of nitrogens with zero attached hydrogens (tertiary/aromatic N) is 3. The number of anilines is 1. The number of amides is 2. The largest absolute Gasteiger partial charge is 0.494 e. The summed E-state index contributed by atoms with van der Waals surface area (Å²) < 4.78 is 7.78. The molecule has 1 aromatic heterocycles. The smallest absolute Gasteiger partial charge is 0.322 e. The van der Waals surface area contributed by atoms with Crippen molar-refractivity contribution in [3.8, 4) is 5.75 Å². The normalized spacial score (nSPS) is 10.6. The zero-order valence-corrected chi connectivity index (χ0v) is 17.8. The van der Waals surface area contributed by atoms with Crippen molar-refractivity contribution >= 4 is 11.7 Å². The van der Waals surface area contributed by atoms with E-state index in [0.717, 1.165) is 36.4 Å². The van der Waals surface area contributed by atoms with Crippen LogP contribution in [0.4, 0.5) is 10.5 Å². The third kappa shape index (κ3) is 6.11. The lowest BCUT2D eigenvalue weighted by atomic mass is 10.1. The molecule has 2 amide bonds. The molecule has 1 heterocycles. The van der Waals surface area contributed by atoms with E-state index in [4.69, 9.17) is 4.74 Å². The number of para-hydroxylation sites is 1. The molecule has 0 saturated carbocycles. The van der Waals surface area contributed by atoms with E-state index in [0.29, 0.717) is 19.7 Å². The lowest BCUT2D eigenvalue weighted by Crippen LogP contribution is -2.35. The average molecular weight is 407 g/mol. The number of ether oxygens (including phenoxy) is 1. The monoisotopic (exact) mass is 406 g/mol. The summed E-state index contributed by atoms with van der Waals surface area (Å²) in [6, 6.07) is 15.8. The highest BCUT2D eigenvalue weighted by Gasteiger charge is 2.16. The van der Waals surface area contributed by atoms with E-state index in [1.54, 1.807) is 12.5 Å². The minimum absolute atomic E-state index is 0.115. The van der Waals surface area contributed by atoms with Crippen LogP contribution in [0.5, 0.6) is 5.75 Å². The summed E-state index contributed by atoms with van der Waals surface area (Å²) >= 11 is 0. The number of aromatic nitrogens is 2. The van der Waals surface area contributed by atoms with Crippen LogP contribution >= 0.6 is 0 Å². The van der Waals surface area contributed by atoms with Crippen molar-refractivity contribution in [2.75, 3.05) is 18.5 Å². The number of carbonyl (C=O) groups excluding carboxylic acids is 1. The Kier molecular flexibility index (Phi) is 7.89. The number of rotatable bonds is 10. The molecule has 0 aliphatic carbocycles. The number of urea groups is 1. The van der Waals surface area contributed by atoms with Crippen LogP contribution in [-0.2, 0) is 19.5 Å². The maximum Gasteiger partial charge on any atom is 0.322 e. The first-order valence-corrected chi connectivity index (χ1v) is 10.5. The van der Waals surface area contributed by atoms with Gasteiger partial charge in [-0.05, 0) is 43.5 Å². The third-order valence-corrected chi connectivity index (χ3v) is 4.94. The minimum atomic E-state index is -0.115. The van der Waals surface area contributed by atoms with E-state index in [9.17, 15) is 4.79 Å². The van der Waals surface area contributed by atoms with Gasteiger partial charge in [0.1, 0.15) is 5.75 Å². The van der Waals surface area contributed by atoms with Crippen molar-refractivity contribution < 1.29 is 9.53 Å². The minimum Gasteiger partial charge on any atom is -0.494 e. The fourth-order valence-electron chi connectivity index (χ4n) is 3.28. The first-order valence-electron chi connectivity index (χ1n) is 10.5. The highest BCUT2D eigenvalue weighted by molar-refractivity contribution is 5.89. The van der Waals surface area contributed by atoms with E-state index in [1.807, 2.05) is 71.1 Å². The highest BCUT2D eigenvalue weighted by atomic mass is 16.5. The predicted molar refractivity (Wildman–Crippen MR) is 120 cm³/mol. The number of hydrogen-bond acceptors (Lipinski definition) is 3. The van der Waals surface area contributed by atoms with Crippen molar-refractivity contribution in [3.05, 3.63) is 78.4 Å². The quantitative estimate of drug-likeness (QED) is 0.517. The van der Waals surface area contributed by atoms with Crippen molar-refractivity contribution in [1.29, 1.82) is 0 Å². The summed E-state index contributed by atoms with van der Waals surface area (Å²) in [7, 11) is 0. The standard InChI is InChI=1S/C24H30N4O2/c1-3-20-10-12-22(13-11-20)26-24(29)28(16-7-15-27-17-14-25-19-27)18-21-8-5-6-9-23(21)30-4-2/h5-6,8-14,17,19H,3-4,7,15-16,18H2,1-2H3,(H,26,29). The summed E-state index contributed by atoms with van der Waals surface area (Å²) in [5.74, 6) is 0.819. The number of aryl methyl sites for hydroxylation is 2. The molecule has 3 aromatic rings. The zero-order chi connectivity index (χ0) is 21.2. The Balaban J connectivity index is 1.71. The van der Waals surface area contributed by atoms with Crippen LogP contribution in [0.25, 0.3) is 0 Å². The second-order valence-corrected chi connectivity index (χ2v) is 7.10. The molecule has 0 aliphatic rings. The van der Waals surface area contributed by atoms with Gasteiger partial charge in [0.15, 0.2) is 0 Å². The number of carbonyl (C=O) groups is 1. The van der Waals surface area contributed by atoms with E-state index < -0.39 is 0 Å². The van der Waals surface area contributed by atoms with Gasteiger partial charge in [-0.15, -0.1) is 0 Å². The Labute approximate surface area is 178 Å². The van der Waals surface area contributed by atoms with E-state index in [-0.39, 0.29) is 6.03 Å². The lowest BCUT2D eigenvalue weighted by molar-refractivity contribution is 0.206. The molecule has 6 nitrogen and oxygen atoms in total. The summed E-state index contributed by atoms with van der Waals surface area (Å²) in [6.45, 7) is 6.59. The fraction of sp³-hybridized carbons (Fsp3) is 0.333. The molecule has 30 heavy (non-hydrogen) atoms. The first kappa shape index (κ1) is 21.4. The van der Waals surface area contributed by atoms with Gasteiger partial charge >= 0.3 is 6.03 Å².